The molecule has 1 aliphatic heterocycles. The molecule has 5 heteroatoms. The Kier molecular flexibility index (Phi) is 2.48. The predicted octanol–water partition coefficient (Wildman–Crippen LogP) is 1.81. The van der Waals surface area contributed by atoms with Crippen molar-refractivity contribution >= 4 is 17.5 Å². The highest BCUT2D eigenvalue weighted by atomic mass is 16.5. The van der Waals surface area contributed by atoms with Gasteiger partial charge in [-0.15, -0.1) is 0 Å². The molecule has 1 unspecified atom stereocenters. The van der Waals surface area contributed by atoms with E-state index < -0.39 is 0 Å². The predicted molar refractivity (Wildman–Crippen MR) is 70.5 cm³/mol. The van der Waals surface area contributed by atoms with Crippen LogP contribution in [0.3, 0.4) is 0 Å². The molecule has 19 heavy (non-hydrogen) atoms. The molecule has 0 radical (unpaired) electrons. The zero-order valence-corrected chi connectivity index (χ0v) is 10.3. The third-order valence-corrected chi connectivity index (χ3v) is 3.39. The van der Waals surface area contributed by atoms with Crippen molar-refractivity contribution in [3.63, 3.8) is 0 Å². The number of hydrogen-bond donors (Lipinski definition) is 3. The molecule has 3 N–H and O–H groups in total. The van der Waals surface area contributed by atoms with Crippen LogP contribution in [0.1, 0.15) is 12.0 Å². The number of methoxy groups -OCH3 is 1. The van der Waals surface area contributed by atoms with Crippen molar-refractivity contribution in [3.05, 3.63) is 29.4 Å². The monoisotopic (exact) mass is 259 g/mol. The Hall–Kier alpha value is -2.43. The Morgan fingerprint density at radius 3 is 2.89 bits per heavy atom. The maximum absolute atomic E-state index is 11.4. The van der Waals surface area contributed by atoms with Crippen LogP contribution < -0.4 is 10.1 Å². The second-order valence-electron chi connectivity index (χ2n) is 4.58. The summed E-state index contributed by atoms with van der Waals surface area (Å²) in [7, 11) is 1.42. The molecule has 0 amide bonds. The summed E-state index contributed by atoms with van der Waals surface area (Å²) in [5, 5.41) is 23.0. The van der Waals surface area contributed by atoms with Crippen LogP contribution in [0.15, 0.2) is 23.8 Å². The van der Waals surface area contributed by atoms with Crippen molar-refractivity contribution in [2.45, 2.75) is 12.5 Å². The van der Waals surface area contributed by atoms with Crippen LogP contribution in [0.4, 0.5) is 5.69 Å². The number of allylic oxidation sites excluding steroid dienone is 1. The Balaban J connectivity index is 2.15. The molecule has 1 aliphatic carbocycles. The quantitative estimate of drug-likeness (QED) is 0.529. The van der Waals surface area contributed by atoms with Crippen LogP contribution in [-0.4, -0.2) is 29.1 Å². The van der Waals surface area contributed by atoms with E-state index in [-0.39, 0.29) is 29.1 Å². The van der Waals surface area contributed by atoms with Gasteiger partial charge in [0.1, 0.15) is 0 Å². The summed E-state index contributed by atoms with van der Waals surface area (Å²) in [6.07, 6.45) is 5.40. The van der Waals surface area contributed by atoms with Gasteiger partial charge in [-0.1, -0.05) is 6.08 Å². The van der Waals surface area contributed by atoms with Crippen molar-refractivity contribution in [2.75, 3.05) is 12.4 Å². The van der Waals surface area contributed by atoms with Gasteiger partial charge in [-0.25, -0.2) is 0 Å². The normalized spacial score (nSPS) is 20.2. The highest BCUT2D eigenvalue weighted by molar-refractivity contribution is 5.96. The highest BCUT2D eigenvalue weighted by Crippen LogP contribution is 2.46. The third-order valence-electron chi connectivity index (χ3n) is 3.39. The van der Waals surface area contributed by atoms with E-state index >= 15 is 0 Å². The van der Waals surface area contributed by atoms with Crippen molar-refractivity contribution < 1.29 is 19.7 Å². The van der Waals surface area contributed by atoms with E-state index in [9.17, 15) is 15.0 Å². The molecule has 1 aromatic carbocycles. The molecule has 1 atom stereocenters. The summed E-state index contributed by atoms with van der Waals surface area (Å²) in [6.45, 7) is 0. The first-order chi connectivity index (χ1) is 9.10. The summed E-state index contributed by atoms with van der Waals surface area (Å²) in [5.41, 5.74) is 2.02. The van der Waals surface area contributed by atoms with Gasteiger partial charge >= 0.3 is 0 Å². The van der Waals surface area contributed by atoms with Gasteiger partial charge in [0, 0.05) is 23.7 Å². The molecular weight excluding hydrogens is 246 g/mol. The topological polar surface area (TPSA) is 78.8 Å². The maximum Gasteiger partial charge on any atom is 0.201 e. The number of phenols is 2. The smallest absolute Gasteiger partial charge is 0.201 e. The zero-order valence-electron chi connectivity index (χ0n) is 10.3. The van der Waals surface area contributed by atoms with E-state index in [4.69, 9.17) is 4.74 Å². The number of phenolic OH excluding ortho intramolecular Hbond substituents is 2. The minimum Gasteiger partial charge on any atom is -0.504 e. The lowest BCUT2D eigenvalue weighted by Crippen LogP contribution is -2.27. The molecule has 0 fully saturated rings. The molecule has 5 nitrogen and oxygen atoms in total. The van der Waals surface area contributed by atoms with E-state index in [1.807, 2.05) is 0 Å². The number of rotatable bonds is 1. The third kappa shape index (κ3) is 1.74. The summed E-state index contributed by atoms with van der Waals surface area (Å²) in [5.74, 6) is -0.299. The lowest BCUT2D eigenvalue weighted by molar-refractivity contribution is -0.114. The maximum atomic E-state index is 11.4. The van der Waals surface area contributed by atoms with Crippen molar-refractivity contribution in [1.82, 2.24) is 0 Å². The first-order valence-corrected chi connectivity index (χ1v) is 5.91. The fourth-order valence-corrected chi connectivity index (χ4v) is 2.40. The fraction of sp³-hybridized carbons (Fsp3) is 0.214. The number of ether oxygens (including phenoxy) is 1. The van der Waals surface area contributed by atoms with Gasteiger partial charge in [-0.3, -0.25) is 4.79 Å². The van der Waals surface area contributed by atoms with E-state index in [1.165, 1.54) is 7.11 Å². The van der Waals surface area contributed by atoms with E-state index in [0.29, 0.717) is 17.7 Å². The van der Waals surface area contributed by atoms with Gasteiger partial charge in [0.25, 0.3) is 0 Å². The fourth-order valence-electron chi connectivity index (χ4n) is 2.40. The van der Waals surface area contributed by atoms with Crippen molar-refractivity contribution in [1.29, 1.82) is 0 Å². The Labute approximate surface area is 109 Å². The zero-order chi connectivity index (χ0) is 13.6. The number of hydrogen-bond acceptors (Lipinski definition) is 5. The van der Waals surface area contributed by atoms with Crippen LogP contribution in [0.5, 0.6) is 17.2 Å². The molecule has 2 aliphatic rings. The van der Waals surface area contributed by atoms with Crippen LogP contribution in [0.25, 0.3) is 6.08 Å². The van der Waals surface area contributed by atoms with Crippen LogP contribution in [-0.2, 0) is 4.79 Å². The molecule has 1 aromatic rings. The number of nitrogens with one attached hydrogen (secondary N) is 1. The van der Waals surface area contributed by atoms with Gasteiger partial charge in [0.15, 0.2) is 17.3 Å². The SMILES string of the molecule is COc1cc2c(c(O)c1O)C=C1CC(=O)C=CC1N2. The number of anilines is 1. The average molecular weight is 259 g/mol. The highest BCUT2D eigenvalue weighted by Gasteiger charge is 2.27. The van der Waals surface area contributed by atoms with Crippen molar-refractivity contribution in [3.8, 4) is 17.2 Å². The minimum absolute atomic E-state index is 0.0324. The number of benzene rings is 1. The van der Waals surface area contributed by atoms with Gasteiger partial charge in [-0.2, -0.15) is 0 Å². The summed E-state index contributed by atoms with van der Waals surface area (Å²) in [4.78, 5) is 11.4. The number of aromatic hydroxyl groups is 2. The standard InChI is InChI=1S/C14H13NO4/c1-19-12-6-11-9(13(17)14(12)18)5-7-4-8(16)2-3-10(7)15-11/h2-3,5-6,10,15,17-18H,4H2,1H3. The molecule has 0 spiro atoms. The molecule has 0 saturated heterocycles. The molecule has 0 bridgehead atoms. The molecular formula is C14H13NO4. The van der Waals surface area contributed by atoms with Gasteiger partial charge in [-0.05, 0) is 17.7 Å². The Morgan fingerprint density at radius 2 is 2.16 bits per heavy atom. The summed E-state index contributed by atoms with van der Waals surface area (Å²) >= 11 is 0. The number of carbonyl (C=O) groups excluding carboxylic acids is 1. The van der Waals surface area contributed by atoms with Gasteiger partial charge in [0.05, 0.1) is 13.2 Å². The minimum atomic E-state index is -0.295. The molecule has 3 rings (SSSR count). The first kappa shape index (κ1) is 11.6. The van der Waals surface area contributed by atoms with Gasteiger partial charge in [0.2, 0.25) is 5.75 Å². The number of fused-ring (bicyclic) bond motifs is 2. The van der Waals surface area contributed by atoms with E-state index in [0.717, 1.165) is 5.57 Å². The average Bonchev–Trinajstić information content (AvgIpc) is 2.41. The van der Waals surface area contributed by atoms with Crippen LogP contribution >= 0.6 is 0 Å². The molecule has 1 heterocycles. The van der Waals surface area contributed by atoms with Crippen LogP contribution in [0, 0.1) is 0 Å². The van der Waals surface area contributed by atoms with Crippen molar-refractivity contribution in [2.24, 2.45) is 0 Å². The summed E-state index contributed by atoms with van der Waals surface area (Å²) < 4.78 is 5.00. The van der Waals surface area contributed by atoms with E-state index in [1.54, 1.807) is 24.3 Å². The molecule has 0 saturated carbocycles. The van der Waals surface area contributed by atoms with Crippen LogP contribution in [0.2, 0.25) is 0 Å². The number of carbonyl (C=O) groups is 1. The van der Waals surface area contributed by atoms with Gasteiger partial charge < -0.3 is 20.3 Å². The largest absolute Gasteiger partial charge is 0.504 e. The lowest BCUT2D eigenvalue weighted by atomic mass is 9.89. The lowest BCUT2D eigenvalue weighted by Gasteiger charge is -2.28. The molecule has 0 aromatic heterocycles. The molecule has 98 valence electrons. The second kappa shape index (κ2) is 4.05. The Morgan fingerprint density at radius 1 is 1.37 bits per heavy atom. The van der Waals surface area contributed by atoms with E-state index in [2.05, 4.69) is 5.32 Å². The Bertz CT molecular complexity index is 631. The number of ketones is 1. The first-order valence-electron chi connectivity index (χ1n) is 5.91. The second-order valence-corrected chi connectivity index (χ2v) is 4.58. The summed E-state index contributed by atoms with van der Waals surface area (Å²) in [6, 6.07) is 1.57.